The summed E-state index contributed by atoms with van der Waals surface area (Å²) in [4.78, 5) is 16.7. The Bertz CT molecular complexity index is 804. The van der Waals surface area contributed by atoms with Gasteiger partial charge in [0.1, 0.15) is 0 Å². The average Bonchev–Trinajstić information content (AvgIpc) is 2.82. The molecule has 142 valence electrons. The summed E-state index contributed by atoms with van der Waals surface area (Å²) in [5.41, 5.74) is 5.68. The lowest BCUT2D eigenvalue weighted by Crippen LogP contribution is -2.48. The second kappa shape index (κ2) is 8.13. The molecule has 4 rings (SSSR count). The van der Waals surface area contributed by atoms with E-state index in [4.69, 9.17) is 4.74 Å². The Labute approximate surface area is 161 Å². The summed E-state index contributed by atoms with van der Waals surface area (Å²) in [6, 6.07) is 18.1. The Morgan fingerprint density at radius 2 is 1.85 bits per heavy atom. The van der Waals surface area contributed by atoms with Crippen molar-refractivity contribution in [1.82, 2.24) is 4.90 Å². The van der Waals surface area contributed by atoms with Gasteiger partial charge < -0.3 is 9.64 Å². The number of fused-ring (bicyclic) bond motifs is 5. The lowest BCUT2D eigenvalue weighted by molar-refractivity contribution is -0.143. The van der Waals surface area contributed by atoms with Gasteiger partial charge in [-0.05, 0) is 49.1 Å². The number of carbonyl (C=O) groups is 1. The number of carbonyl (C=O) groups excluding carboxylic acids is 1. The first-order chi connectivity index (χ1) is 13.3. The van der Waals surface area contributed by atoms with E-state index in [0.717, 1.165) is 39.0 Å². The van der Waals surface area contributed by atoms with Crippen molar-refractivity contribution in [1.29, 1.82) is 0 Å². The number of rotatable bonds is 5. The van der Waals surface area contributed by atoms with Gasteiger partial charge in [-0.2, -0.15) is 0 Å². The molecule has 0 N–H and O–H groups in total. The summed E-state index contributed by atoms with van der Waals surface area (Å²) in [5, 5.41) is 0. The molecule has 0 saturated carbocycles. The maximum atomic E-state index is 11.6. The zero-order valence-corrected chi connectivity index (χ0v) is 16.1. The predicted molar refractivity (Wildman–Crippen MR) is 108 cm³/mol. The quantitative estimate of drug-likeness (QED) is 0.756. The van der Waals surface area contributed by atoms with Crippen LogP contribution in [0.4, 0.5) is 5.69 Å². The van der Waals surface area contributed by atoms with Crippen molar-refractivity contribution < 1.29 is 9.53 Å². The van der Waals surface area contributed by atoms with Crippen molar-refractivity contribution in [3.05, 3.63) is 65.2 Å². The number of hydrogen-bond donors (Lipinski definition) is 0. The van der Waals surface area contributed by atoms with Crippen LogP contribution in [-0.2, 0) is 16.0 Å². The fraction of sp³-hybridized carbons (Fsp3) is 0.435. The van der Waals surface area contributed by atoms with Crippen LogP contribution >= 0.6 is 0 Å². The van der Waals surface area contributed by atoms with E-state index in [1.165, 1.54) is 22.4 Å². The molecule has 0 aliphatic carbocycles. The molecule has 27 heavy (non-hydrogen) atoms. The van der Waals surface area contributed by atoms with Crippen LogP contribution in [0.25, 0.3) is 0 Å². The van der Waals surface area contributed by atoms with Gasteiger partial charge in [-0.3, -0.25) is 9.69 Å². The van der Waals surface area contributed by atoms with E-state index in [2.05, 4.69) is 58.3 Å². The molecule has 2 aromatic carbocycles. The van der Waals surface area contributed by atoms with Crippen molar-refractivity contribution in [3.8, 4) is 0 Å². The third-order valence-electron chi connectivity index (χ3n) is 5.72. The zero-order valence-electron chi connectivity index (χ0n) is 16.1. The SMILES string of the molecule is CCOC(=O)CCCN1CCN2c3ccccc3Cc3ccccc3C2C1. The minimum absolute atomic E-state index is 0.0788. The molecule has 0 amide bonds. The summed E-state index contributed by atoms with van der Waals surface area (Å²) < 4.78 is 5.05. The van der Waals surface area contributed by atoms with Crippen LogP contribution in [-0.4, -0.2) is 43.7 Å². The highest BCUT2D eigenvalue weighted by Gasteiger charge is 2.32. The van der Waals surface area contributed by atoms with Crippen LogP contribution in [0.3, 0.4) is 0 Å². The van der Waals surface area contributed by atoms with Crippen molar-refractivity contribution in [3.63, 3.8) is 0 Å². The van der Waals surface area contributed by atoms with Crippen LogP contribution in [0.2, 0.25) is 0 Å². The molecule has 0 aromatic heterocycles. The number of ether oxygens (including phenoxy) is 1. The van der Waals surface area contributed by atoms with Crippen LogP contribution < -0.4 is 4.90 Å². The Morgan fingerprint density at radius 1 is 1.07 bits per heavy atom. The molecule has 1 saturated heterocycles. The lowest BCUT2D eigenvalue weighted by atomic mass is 9.96. The molecule has 0 radical (unpaired) electrons. The summed E-state index contributed by atoms with van der Waals surface area (Å²) in [6.45, 7) is 6.35. The van der Waals surface area contributed by atoms with E-state index in [9.17, 15) is 4.79 Å². The second-order valence-electron chi connectivity index (χ2n) is 7.42. The third-order valence-corrected chi connectivity index (χ3v) is 5.72. The molecule has 2 aromatic rings. The first-order valence-corrected chi connectivity index (χ1v) is 10.1. The molecule has 1 atom stereocenters. The highest BCUT2D eigenvalue weighted by atomic mass is 16.5. The number of para-hydroxylation sites is 1. The van der Waals surface area contributed by atoms with Crippen LogP contribution in [0.1, 0.15) is 42.5 Å². The van der Waals surface area contributed by atoms with E-state index in [0.29, 0.717) is 19.1 Å². The zero-order chi connectivity index (χ0) is 18.6. The molecular formula is C23H28N2O2. The highest BCUT2D eigenvalue weighted by Crippen LogP contribution is 2.39. The number of piperazine rings is 1. The van der Waals surface area contributed by atoms with Gasteiger partial charge >= 0.3 is 5.97 Å². The third kappa shape index (κ3) is 3.86. The van der Waals surface area contributed by atoms with Crippen LogP contribution in [0.5, 0.6) is 0 Å². The molecule has 4 nitrogen and oxygen atoms in total. The van der Waals surface area contributed by atoms with Gasteiger partial charge in [0.2, 0.25) is 0 Å². The first kappa shape index (κ1) is 18.1. The van der Waals surface area contributed by atoms with Crippen LogP contribution in [0.15, 0.2) is 48.5 Å². The van der Waals surface area contributed by atoms with E-state index in [-0.39, 0.29) is 5.97 Å². The topological polar surface area (TPSA) is 32.8 Å². The number of hydrogen-bond acceptors (Lipinski definition) is 4. The molecular weight excluding hydrogens is 336 g/mol. The minimum Gasteiger partial charge on any atom is -0.466 e. The molecule has 2 aliphatic heterocycles. The number of nitrogens with zero attached hydrogens (tertiary/aromatic N) is 2. The average molecular weight is 364 g/mol. The van der Waals surface area contributed by atoms with Crippen molar-refractivity contribution >= 4 is 11.7 Å². The van der Waals surface area contributed by atoms with Gasteiger partial charge in [0, 0.05) is 31.7 Å². The van der Waals surface area contributed by atoms with Gasteiger partial charge in [0.05, 0.1) is 12.6 Å². The molecule has 4 heteroatoms. The van der Waals surface area contributed by atoms with E-state index >= 15 is 0 Å². The highest BCUT2D eigenvalue weighted by molar-refractivity contribution is 5.69. The van der Waals surface area contributed by atoms with Gasteiger partial charge in [-0.25, -0.2) is 0 Å². The maximum absolute atomic E-state index is 11.6. The first-order valence-electron chi connectivity index (χ1n) is 10.1. The molecule has 2 heterocycles. The van der Waals surface area contributed by atoms with Gasteiger partial charge in [-0.1, -0.05) is 42.5 Å². The predicted octanol–water partition coefficient (Wildman–Crippen LogP) is 3.80. The summed E-state index contributed by atoms with van der Waals surface area (Å²) >= 11 is 0. The molecule has 1 fully saturated rings. The summed E-state index contributed by atoms with van der Waals surface area (Å²) in [6.07, 6.45) is 2.38. The smallest absolute Gasteiger partial charge is 0.305 e. The second-order valence-corrected chi connectivity index (χ2v) is 7.42. The van der Waals surface area contributed by atoms with E-state index in [1.807, 2.05) is 6.92 Å². The molecule has 0 bridgehead atoms. The minimum atomic E-state index is -0.0788. The Balaban J connectivity index is 1.52. The fourth-order valence-electron chi connectivity index (χ4n) is 4.44. The molecule has 0 spiro atoms. The van der Waals surface area contributed by atoms with E-state index in [1.54, 1.807) is 0 Å². The fourth-order valence-corrected chi connectivity index (χ4v) is 4.44. The normalized spacial score (nSPS) is 18.9. The van der Waals surface area contributed by atoms with Gasteiger partial charge in [0.25, 0.3) is 0 Å². The Kier molecular flexibility index (Phi) is 5.44. The maximum Gasteiger partial charge on any atom is 0.305 e. The summed E-state index contributed by atoms with van der Waals surface area (Å²) in [7, 11) is 0. The van der Waals surface area contributed by atoms with Crippen molar-refractivity contribution in [2.75, 3.05) is 37.7 Å². The Morgan fingerprint density at radius 3 is 2.70 bits per heavy atom. The molecule has 1 unspecified atom stereocenters. The number of anilines is 1. The number of benzene rings is 2. The van der Waals surface area contributed by atoms with Gasteiger partial charge in [0.15, 0.2) is 0 Å². The lowest BCUT2D eigenvalue weighted by Gasteiger charge is -2.43. The largest absolute Gasteiger partial charge is 0.466 e. The Hall–Kier alpha value is -2.33. The van der Waals surface area contributed by atoms with Gasteiger partial charge in [-0.15, -0.1) is 0 Å². The monoisotopic (exact) mass is 364 g/mol. The van der Waals surface area contributed by atoms with Crippen molar-refractivity contribution in [2.24, 2.45) is 0 Å². The van der Waals surface area contributed by atoms with E-state index < -0.39 is 0 Å². The van der Waals surface area contributed by atoms with Crippen LogP contribution in [0, 0.1) is 0 Å². The number of esters is 1. The molecule has 2 aliphatic rings. The summed E-state index contributed by atoms with van der Waals surface area (Å²) in [5.74, 6) is -0.0788. The van der Waals surface area contributed by atoms with Crippen molar-refractivity contribution in [2.45, 2.75) is 32.2 Å². The standard InChI is InChI=1S/C23H28N2O2/c1-2-27-23(26)12-7-13-24-14-15-25-21-11-6-4-9-19(21)16-18-8-3-5-10-20(18)22(25)17-24/h3-6,8-11,22H,2,7,12-17H2,1H3.